The fourth-order valence-corrected chi connectivity index (χ4v) is 3.40. The van der Waals surface area contributed by atoms with Crippen molar-refractivity contribution in [1.82, 2.24) is 20.0 Å². The normalized spacial score (nSPS) is 15.5. The van der Waals surface area contributed by atoms with E-state index in [1.807, 2.05) is 42.1 Å². The Labute approximate surface area is 164 Å². The summed E-state index contributed by atoms with van der Waals surface area (Å²) in [7, 11) is 1.62. The average molecular weight is 376 g/mol. The highest BCUT2D eigenvalue weighted by Gasteiger charge is 2.28. The van der Waals surface area contributed by atoms with Crippen LogP contribution in [0.5, 0.6) is 5.88 Å². The maximum absolute atomic E-state index is 5.38. The van der Waals surface area contributed by atoms with Gasteiger partial charge in [0.1, 0.15) is 6.33 Å². The molecule has 2 heterocycles. The van der Waals surface area contributed by atoms with Crippen molar-refractivity contribution in [2.45, 2.75) is 32.7 Å². The predicted octanol–water partition coefficient (Wildman–Crippen LogP) is 3.62. The molecule has 2 aromatic heterocycles. The molecule has 0 amide bonds. The first kappa shape index (κ1) is 18.2. The van der Waals surface area contributed by atoms with E-state index in [9.17, 15) is 0 Å². The Kier molecular flexibility index (Phi) is 4.81. The van der Waals surface area contributed by atoms with Crippen LogP contribution in [0.15, 0.2) is 46.9 Å². The molecule has 0 spiro atoms. The van der Waals surface area contributed by atoms with Crippen LogP contribution >= 0.6 is 0 Å². The minimum absolute atomic E-state index is 0.354. The van der Waals surface area contributed by atoms with Crippen LogP contribution in [-0.4, -0.2) is 40.5 Å². The third-order valence-corrected chi connectivity index (χ3v) is 5.26. The maximum Gasteiger partial charge on any atom is 0.240 e. The van der Waals surface area contributed by atoms with E-state index in [-0.39, 0.29) is 0 Å². The van der Waals surface area contributed by atoms with Crippen molar-refractivity contribution in [3.63, 3.8) is 0 Å². The molecule has 3 aromatic rings. The Balaban J connectivity index is 1.67. The molecule has 1 fully saturated rings. The number of fused-ring (bicyclic) bond motifs is 1. The van der Waals surface area contributed by atoms with Gasteiger partial charge in [-0.05, 0) is 63.1 Å². The third-order valence-electron chi connectivity index (χ3n) is 5.26. The van der Waals surface area contributed by atoms with Crippen LogP contribution < -0.4 is 10.1 Å². The molecular formula is C21H24N6O. The van der Waals surface area contributed by atoms with Crippen LogP contribution in [0, 0.1) is 12.8 Å². The van der Waals surface area contributed by atoms with E-state index < -0.39 is 0 Å². The number of hydrogen-bond acceptors (Lipinski definition) is 4. The Hall–Kier alpha value is -3.22. The molecule has 28 heavy (non-hydrogen) atoms. The van der Waals surface area contributed by atoms with Crippen molar-refractivity contribution >= 4 is 23.6 Å². The van der Waals surface area contributed by atoms with Crippen molar-refractivity contribution in [1.29, 1.82) is 0 Å². The van der Waals surface area contributed by atoms with Gasteiger partial charge in [-0.1, -0.05) is 6.07 Å². The molecule has 1 N–H and O–H groups in total. The van der Waals surface area contributed by atoms with Crippen molar-refractivity contribution < 1.29 is 4.74 Å². The van der Waals surface area contributed by atoms with E-state index in [4.69, 9.17) is 4.74 Å². The van der Waals surface area contributed by atoms with Crippen LogP contribution in [0.3, 0.4) is 0 Å². The summed E-state index contributed by atoms with van der Waals surface area (Å²) in [6, 6.07) is 8.47. The van der Waals surface area contributed by atoms with Gasteiger partial charge in [-0.2, -0.15) is 0 Å². The molecule has 7 nitrogen and oxygen atoms in total. The zero-order valence-corrected chi connectivity index (χ0v) is 16.4. The van der Waals surface area contributed by atoms with Crippen LogP contribution in [-0.2, 0) is 0 Å². The van der Waals surface area contributed by atoms with Gasteiger partial charge in [0.05, 0.1) is 18.0 Å². The molecule has 1 saturated carbocycles. The van der Waals surface area contributed by atoms with Crippen molar-refractivity contribution in [3.8, 4) is 17.0 Å². The number of aromatic nitrogens is 3. The number of ether oxygens (including phenoxy) is 1. The summed E-state index contributed by atoms with van der Waals surface area (Å²) in [6.45, 7) is 7.85. The number of benzene rings is 1. The second-order valence-electron chi connectivity index (χ2n) is 7.13. The van der Waals surface area contributed by atoms with E-state index >= 15 is 0 Å². The monoisotopic (exact) mass is 376 g/mol. The van der Waals surface area contributed by atoms with Gasteiger partial charge in [-0.15, -0.1) is 5.10 Å². The van der Waals surface area contributed by atoms with Gasteiger partial charge in [-0.25, -0.2) is 19.6 Å². The first-order chi connectivity index (χ1) is 13.6. The first-order valence-corrected chi connectivity index (χ1v) is 9.40. The zero-order valence-electron chi connectivity index (χ0n) is 16.4. The van der Waals surface area contributed by atoms with E-state index in [2.05, 4.69) is 39.0 Å². The minimum Gasteiger partial charge on any atom is -0.480 e. The summed E-state index contributed by atoms with van der Waals surface area (Å²) >= 11 is 0. The quantitative estimate of drug-likeness (QED) is 0.545. The highest BCUT2D eigenvalue weighted by Crippen LogP contribution is 2.32. The van der Waals surface area contributed by atoms with Gasteiger partial charge in [0.2, 0.25) is 11.8 Å². The van der Waals surface area contributed by atoms with E-state index in [0.29, 0.717) is 23.8 Å². The molecule has 4 rings (SSSR count). The largest absolute Gasteiger partial charge is 0.480 e. The highest BCUT2D eigenvalue weighted by molar-refractivity contribution is 5.88. The van der Waals surface area contributed by atoms with E-state index in [0.717, 1.165) is 27.7 Å². The summed E-state index contributed by atoms with van der Waals surface area (Å²) in [4.78, 5) is 12.6. The van der Waals surface area contributed by atoms with Crippen LogP contribution in [0.2, 0.25) is 0 Å². The lowest BCUT2D eigenvalue weighted by Gasteiger charge is -2.13. The molecule has 7 heteroatoms. The molecule has 0 saturated heterocycles. The topological polar surface area (TPSA) is 76.7 Å². The first-order valence-electron chi connectivity index (χ1n) is 9.40. The third kappa shape index (κ3) is 3.47. The average Bonchev–Trinajstić information content (AvgIpc) is 3.51. The summed E-state index contributed by atoms with van der Waals surface area (Å²) in [5, 5.41) is 8.85. The van der Waals surface area contributed by atoms with Gasteiger partial charge in [0.15, 0.2) is 0 Å². The second-order valence-corrected chi connectivity index (χ2v) is 7.13. The Morgan fingerprint density at radius 1 is 1.32 bits per heavy atom. The minimum atomic E-state index is 0.354. The van der Waals surface area contributed by atoms with Crippen molar-refractivity contribution in [2.24, 2.45) is 16.0 Å². The highest BCUT2D eigenvalue weighted by atomic mass is 16.5. The number of guanidine groups is 1. The van der Waals surface area contributed by atoms with Gasteiger partial charge >= 0.3 is 0 Å². The summed E-state index contributed by atoms with van der Waals surface area (Å²) in [5.41, 5.74) is 3.99. The number of nitrogens with zero attached hydrogens (tertiary/aromatic N) is 5. The molecule has 1 aliphatic carbocycles. The summed E-state index contributed by atoms with van der Waals surface area (Å²) in [6.07, 6.45) is 5.97. The lowest BCUT2D eigenvalue weighted by atomic mass is 10.0. The fourth-order valence-electron chi connectivity index (χ4n) is 3.40. The fraction of sp³-hybridized carbons (Fsp3) is 0.333. The van der Waals surface area contributed by atoms with Gasteiger partial charge < -0.3 is 10.1 Å². The molecular weight excluding hydrogens is 352 g/mol. The number of hydrogen-bond donors (Lipinski definition) is 1. The van der Waals surface area contributed by atoms with Crippen LogP contribution in [0.25, 0.3) is 22.0 Å². The SMILES string of the molecule is C=N/C(=N\n1ccc(-c2ccc3ncnc(OC)c3c2)c1C)N[C@H](C)C1CC1. The summed E-state index contributed by atoms with van der Waals surface area (Å²) in [5.74, 6) is 1.82. The Morgan fingerprint density at radius 3 is 2.86 bits per heavy atom. The second kappa shape index (κ2) is 7.42. The van der Waals surface area contributed by atoms with Crippen LogP contribution in [0.4, 0.5) is 0 Å². The van der Waals surface area contributed by atoms with Gasteiger partial charge in [-0.3, -0.25) is 0 Å². The van der Waals surface area contributed by atoms with Crippen molar-refractivity contribution in [3.05, 3.63) is 42.5 Å². The molecule has 0 aliphatic heterocycles. The predicted molar refractivity (Wildman–Crippen MR) is 112 cm³/mol. The molecule has 0 radical (unpaired) electrons. The zero-order chi connectivity index (χ0) is 19.7. The number of nitrogens with one attached hydrogen (secondary N) is 1. The molecule has 1 aromatic carbocycles. The maximum atomic E-state index is 5.38. The smallest absolute Gasteiger partial charge is 0.240 e. The van der Waals surface area contributed by atoms with E-state index in [1.165, 1.54) is 19.2 Å². The van der Waals surface area contributed by atoms with Gasteiger partial charge in [0, 0.05) is 23.5 Å². The standard InChI is InChI=1S/C21H24N6O/c1-13(15-5-6-15)25-21(22-3)26-27-10-9-17(14(27)2)16-7-8-19-18(11-16)20(28-4)24-12-23-19/h7-13,15H,3,5-6H2,1-2,4H3,(H,25,26)/t13-/m1/s1. The molecule has 144 valence electrons. The lowest BCUT2D eigenvalue weighted by molar-refractivity contribution is 0.402. The van der Waals surface area contributed by atoms with Crippen molar-refractivity contribution in [2.75, 3.05) is 7.11 Å². The number of methoxy groups -OCH3 is 1. The lowest BCUT2D eigenvalue weighted by Crippen LogP contribution is -2.33. The molecule has 1 atom stereocenters. The van der Waals surface area contributed by atoms with E-state index in [1.54, 1.807) is 7.11 Å². The number of aliphatic imine (C=N–C) groups is 1. The molecule has 0 bridgehead atoms. The molecule has 1 aliphatic rings. The summed E-state index contributed by atoms with van der Waals surface area (Å²) < 4.78 is 7.20. The van der Waals surface area contributed by atoms with Crippen LogP contribution in [0.1, 0.15) is 25.5 Å². The van der Waals surface area contributed by atoms with Gasteiger partial charge in [0.25, 0.3) is 0 Å². The Bertz CT molecular complexity index is 1050. The molecule has 0 unspecified atom stereocenters. The Morgan fingerprint density at radius 2 is 2.14 bits per heavy atom. The number of rotatable bonds is 5.